The molecule has 1 N–H and O–H groups in total. The van der Waals surface area contributed by atoms with Crippen LogP contribution in [-0.4, -0.2) is 55.4 Å². The molecule has 1 aliphatic rings. The summed E-state index contributed by atoms with van der Waals surface area (Å²) in [7, 11) is 0. The van der Waals surface area contributed by atoms with Crippen LogP contribution in [0.4, 0.5) is 5.69 Å². The predicted octanol–water partition coefficient (Wildman–Crippen LogP) is 2.90. The van der Waals surface area contributed by atoms with Crippen molar-refractivity contribution in [3.63, 3.8) is 0 Å². The fraction of sp³-hybridized carbons (Fsp3) is 0.368. The zero-order valence-electron chi connectivity index (χ0n) is 13.6. The Morgan fingerprint density at radius 1 is 0.958 bits per heavy atom. The summed E-state index contributed by atoms with van der Waals surface area (Å²) in [6, 6.07) is 17.5. The molecule has 2 aromatic carbocycles. The van der Waals surface area contributed by atoms with Gasteiger partial charge in [-0.1, -0.05) is 41.9 Å². The number of aliphatic hydroxyl groups excluding tert-OH is 1. The van der Waals surface area contributed by atoms with Gasteiger partial charge in [-0.15, -0.1) is 0 Å². The Morgan fingerprint density at radius 2 is 1.62 bits per heavy atom. The van der Waals surface area contributed by atoms with E-state index in [1.165, 1.54) is 0 Å². The van der Waals surface area contributed by atoms with Gasteiger partial charge in [0.15, 0.2) is 0 Å². The predicted molar refractivity (Wildman–Crippen MR) is 98.0 cm³/mol. The number of hydrogen-bond donors (Lipinski definition) is 1. The molecule has 0 saturated carbocycles. The number of nitrogens with zero attached hydrogens (tertiary/aromatic N) is 2. The monoisotopic (exact) mass is 346 g/mol. The third-order valence-corrected chi connectivity index (χ3v) is 4.54. The molecular weight excluding hydrogens is 324 g/mol. The number of piperazine rings is 1. The summed E-state index contributed by atoms with van der Waals surface area (Å²) in [5, 5.41) is 11.0. The zero-order chi connectivity index (χ0) is 16.8. The quantitative estimate of drug-likeness (QED) is 0.872. The summed E-state index contributed by atoms with van der Waals surface area (Å²) < 4.78 is 5.61. The van der Waals surface area contributed by atoms with Gasteiger partial charge in [0.2, 0.25) is 0 Å². The van der Waals surface area contributed by atoms with E-state index in [4.69, 9.17) is 16.3 Å². The van der Waals surface area contributed by atoms with Crippen LogP contribution in [0.15, 0.2) is 54.6 Å². The molecule has 0 bridgehead atoms. The van der Waals surface area contributed by atoms with Crippen LogP contribution >= 0.6 is 11.6 Å². The Hall–Kier alpha value is -1.75. The lowest BCUT2D eigenvalue weighted by Gasteiger charge is -2.37. The van der Waals surface area contributed by atoms with E-state index < -0.39 is 6.10 Å². The molecular formula is C19H23ClN2O2. The van der Waals surface area contributed by atoms with Crippen molar-refractivity contribution in [1.82, 2.24) is 4.90 Å². The number of anilines is 1. The van der Waals surface area contributed by atoms with E-state index in [-0.39, 0.29) is 0 Å². The highest BCUT2D eigenvalue weighted by Crippen LogP contribution is 2.26. The molecule has 1 fully saturated rings. The van der Waals surface area contributed by atoms with Gasteiger partial charge >= 0.3 is 0 Å². The fourth-order valence-electron chi connectivity index (χ4n) is 2.94. The van der Waals surface area contributed by atoms with E-state index in [1.54, 1.807) is 0 Å². The smallest absolute Gasteiger partial charge is 0.119 e. The highest BCUT2D eigenvalue weighted by atomic mass is 35.5. The zero-order valence-corrected chi connectivity index (χ0v) is 14.4. The Morgan fingerprint density at radius 3 is 2.33 bits per heavy atom. The Labute approximate surface area is 148 Å². The minimum absolute atomic E-state index is 0.314. The van der Waals surface area contributed by atoms with Crippen molar-refractivity contribution in [3.05, 3.63) is 59.6 Å². The van der Waals surface area contributed by atoms with Crippen molar-refractivity contribution in [3.8, 4) is 5.75 Å². The second-order valence-corrected chi connectivity index (χ2v) is 6.42. The average Bonchev–Trinajstić information content (AvgIpc) is 2.62. The second-order valence-electron chi connectivity index (χ2n) is 6.02. The van der Waals surface area contributed by atoms with Crippen LogP contribution < -0.4 is 9.64 Å². The summed E-state index contributed by atoms with van der Waals surface area (Å²) >= 11 is 6.27. The Balaban J connectivity index is 1.43. The number of para-hydroxylation sites is 2. The average molecular weight is 347 g/mol. The summed E-state index contributed by atoms with van der Waals surface area (Å²) in [5.74, 6) is 0.792. The number of halogens is 1. The molecule has 0 radical (unpaired) electrons. The van der Waals surface area contributed by atoms with Gasteiger partial charge < -0.3 is 14.7 Å². The lowest BCUT2D eigenvalue weighted by Crippen LogP contribution is -2.49. The van der Waals surface area contributed by atoms with Gasteiger partial charge in [-0.2, -0.15) is 0 Å². The normalized spacial score (nSPS) is 16.8. The third kappa shape index (κ3) is 4.63. The second kappa shape index (κ2) is 8.38. The topological polar surface area (TPSA) is 35.9 Å². The molecule has 128 valence electrons. The highest BCUT2D eigenvalue weighted by molar-refractivity contribution is 6.33. The first kappa shape index (κ1) is 17.1. The largest absolute Gasteiger partial charge is 0.491 e. The highest BCUT2D eigenvalue weighted by Gasteiger charge is 2.20. The molecule has 1 saturated heterocycles. The van der Waals surface area contributed by atoms with Crippen LogP contribution in [0.1, 0.15) is 0 Å². The van der Waals surface area contributed by atoms with Crippen LogP contribution in [0.5, 0.6) is 5.75 Å². The van der Waals surface area contributed by atoms with Crippen molar-refractivity contribution in [2.75, 3.05) is 44.2 Å². The van der Waals surface area contributed by atoms with Crippen molar-refractivity contribution in [2.45, 2.75) is 6.10 Å². The lowest BCUT2D eigenvalue weighted by atomic mass is 10.2. The van der Waals surface area contributed by atoms with Gasteiger partial charge in [0.05, 0.1) is 10.7 Å². The fourth-order valence-corrected chi connectivity index (χ4v) is 3.19. The maximum Gasteiger partial charge on any atom is 0.119 e. The maximum atomic E-state index is 10.2. The van der Waals surface area contributed by atoms with E-state index >= 15 is 0 Å². The van der Waals surface area contributed by atoms with Crippen LogP contribution in [0.25, 0.3) is 0 Å². The van der Waals surface area contributed by atoms with Crippen molar-refractivity contribution >= 4 is 17.3 Å². The van der Waals surface area contributed by atoms with Gasteiger partial charge in [-0.05, 0) is 24.3 Å². The van der Waals surface area contributed by atoms with E-state index in [0.29, 0.717) is 13.2 Å². The Kier molecular flexibility index (Phi) is 5.96. The molecule has 0 aromatic heterocycles. The minimum atomic E-state index is -0.489. The molecule has 24 heavy (non-hydrogen) atoms. The summed E-state index contributed by atoms with van der Waals surface area (Å²) in [4.78, 5) is 4.57. The number of hydrogen-bond acceptors (Lipinski definition) is 4. The van der Waals surface area contributed by atoms with Crippen molar-refractivity contribution in [1.29, 1.82) is 0 Å². The SMILES string of the molecule is OC(COc1ccccc1)CN1CCN(c2ccccc2Cl)CC1. The summed E-state index contributed by atoms with van der Waals surface area (Å²) in [5.41, 5.74) is 1.09. The van der Waals surface area contributed by atoms with E-state index in [2.05, 4.69) is 15.9 Å². The number of benzene rings is 2. The lowest BCUT2D eigenvalue weighted by molar-refractivity contribution is 0.0663. The number of ether oxygens (including phenoxy) is 1. The van der Waals surface area contributed by atoms with Crippen LogP contribution in [0, 0.1) is 0 Å². The van der Waals surface area contributed by atoms with Gasteiger partial charge in [0, 0.05) is 32.7 Å². The minimum Gasteiger partial charge on any atom is -0.491 e. The van der Waals surface area contributed by atoms with Crippen LogP contribution in [-0.2, 0) is 0 Å². The van der Waals surface area contributed by atoms with E-state index in [1.807, 2.05) is 48.5 Å². The molecule has 0 spiro atoms. The standard InChI is InChI=1S/C19H23ClN2O2/c20-18-8-4-5-9-19(18)22-12-10-21(11-13-22)14-16(23)15-24-17-6-2-1-3-7-17/h1-9,16,23H,10-15H2. The first-order chi connectivity index (χ1) is 11.7. The van der Waals surface area contributed by atoms with Crippen molar-refractivity contribution < 1.29 is 9.84 Å². The number of rotatable bonds is 6. The summed E-state index contributed by atoms with van der Waals surface area (Å²) in [6.07, 6.45) is -0.489. The maximum absolute atomic E-state index is 10.2. The van der Waals surface area contributed by atoms with Gasteiger partial charge in [0.1, 0.15) is 18.5 Å². The van der Waals surface area contributed by atoms with E-state index in [9.17, 15) is 5.11 Å². The van der Waals surface area contributed by atoms with Crippen molar-refractivity contribution in [2.24, 2.45) is 0 Å². The van der Waals surface area contributed by atoms with E-state index in [0.717, 1.165) is 42.6 Å². The molecule has 1 atom stereocenters. The third-order valence-electron chi connectivity index (χ3n) is 4.22. The van der Waals surface area contributed by atoms with Gasteiger partial charge in [-0.25, -0.2) is 0 Å². The molecule has 0 aliphatic carbocycles. The molecule has 0 amide bonds. The Bertz CT molecular complexity index is 630. The molecule has 2 aromatic rings. The first-order valence-corrected chi connectivity index (χ1v) is 8.68. The van der Waals surface area contributed by atoms with Gasteiger partial charge in [0.25, 0.3) is 0 Å². The molecule has 1 heterocycles. The first-order valence-electron chi connectivity index (χ1n) is 8.30. The molecule has 4 nitrogen and oxygen atoms in total. The van der Waals surface area contributed by atoms with Gasteiger partial charge in [-0.3, -0.25) is 4.90 Å². The van der Waals surface area contributed by atoms with Crippen LogP contribution in [0.3, 0.4) is 0 Å². The number of β-amino-alcohol motifs (C(OH)–C–C–N with tert-alkyl or cyclic N) is 1. The number of aliphatic hydroxyl groups is 1. The molecule has 1 unspecified atom stereocenters. The summed E-state index contributed by atoms with van der Waals surface area (Å²) in [6.45, 7) is 4.59. The molecule has 3 rings (SSSR count). The molecule has 5 heteroatoms. The van der Waals surface area contributed by atoms with Crippen LogP contribution in [0.2, 0.25) is 5.02 Å². The molecule has 1 aliphatic heterocycles.